The Morgan fingerprint density at radius 3 is 1.57 bits per heavy atom. The maximum atomic E-state index is 12.8. The molecule has 0 aliphatic carbocycles. The molecule has 0 amide bonds. The molecule has 0 fully saturated rings. The molecule has 28 heavy (non-hydrogen) atoms. The highest BCUT2D eigenvalue weighted by atomic mass is 19.4. The molecule has 0 spiro atoms. The standard InChI is InChI=1S/C20H11F6NO/c21-19(22,23)15-5-1-12(2-6-15)17-14(11-28)9-10-27-18(17)13-3-7-16(8-4-13)20(24,25)26/h1-11H. The van der Waals surface area contributed by atoms with E-state index in [-0.39, 0.29) is 22.4 Å². The van der Waals surface area contributed by atoms with E-state index in [0.29, 0.717) is 11.8 Å². The lowest BCUT2D eigenvalue weighted by atomic mass is 9.94. The van der Waals surface area contributed by atoms with Crippen LogP contribution in [0, 0.1) is 0 Å². The number of carbonyl (C=O) groups is 1. The zero-order valence-electron chi connectivity index (χ0n) is 14.0. The second kappa shape index (κ2) is 7.10. The van der Waals surface area contributed by atoms with Gasteiger partial charge in [0.15, 0.2) is 6.29 Å². The van der Waals surface area contributed by atoms with Crippen LogP contribution in [0.5, 0.6) is 0 Å². The van der Waals surface area contributed by atoms with E-state index in [2.05, 4.69) is 4.98 Å². The number of aromatic nitrogens is 1. The van der Waals surface area contributed by atoms with Crippen LogP contribution in [0.1, 0.15) is 21.5 Å². The number of aldehydes is 1. The van der Waals surface area contributed by atoms with Gasteiger partial charge in [0.2, 0.25) is 0 Å². The third-order valence-electron chi connectivity index (χ3n) is 4.10. The first-order valence-corrected chi connectivity index (χ1v) is 7.90. The monoisotopic (exact) mass is 395 g/mol. The largest absolute Gasteiger partial charge is 0.416 e. The van der Waals surface area contributed by atoms with Crippen LogP contribution in [0.2, 0.25) is 0 Å². The first kappa shape index (κ1) is 19.6. The highest BCUT2D eigenvalue weighted by molar-refractivity contribution is 5.94. The van der Waals surface area contributed by atoms with E-state index >= 15 is 0 Å². The molecule has 144 valence electrons. The van der Waals surface area contributed by atoms with E-state index in [1.165, 1.54) is 36.5 Å². The van der Waals surface area contributed by atoms with Gasteiger partial charge in [0.05, 0.1) is 16.8 Å². The van der Waals surface area contributed by atoms with Crippen LogP contribution < -0.4 is 0 Å². The molecule has 8 heteroatoms. The molecule has 0 radical (unpaired) electrons. The number of benzene rings is 2. The zero-order chi connectivity index (χ0) is 20.5. The van der Waals surface area contributed by atoms with Crippen molar-refractivity contribution in [2.75, 3.05) is 0 Å². The molecule has 1 heterocycles. The van der Waals surface area contributed by atoms with Gasteiger partial charge in [0.1, 0.15) is 0 Å². The zero-order valence-corrected chi connectivity index (χ0v) is 14.0. The van der Waals surface area contributed by atoms with E-state index in [0.717, 1.165) is 24.3 Å². The minimum atomic E-state index is -4.52. The van der Waals surface area contributed by atoms with Crippen LogP contribution in [0.25, 0.3) is 22.4 Å². The molecule has 0 saturated carbocycles. The predicted octanol–water partition coefficient (Wildman–Crippen LogP) is 6.27. The summed E-state index contributed by atoms with van der Waals surface area (Å²) in [5, 5.41) is 0. The molecular formula is C20H11F6NO. The average Bonchev–Trinajstić information content (AvgIpc) is 2.66. The molecule has 0 bridgehead atoms. The normalized spacial score (nSPS) is 12.1. The number of hydrogen-bond acceptors (Lipinski definition) is 2. The number of rotatable bonds is 3. The Balaban J connectivity index is 2.13. The molecule has 0 aliphatic rings. The fourth-order valence-electron chi connectivity index (χ4n) is 2.74. The minimum Gasteiger partial charge on any atom is -0.298 e. The second-order valence-electron chi connectivity index (χ2n) is 5.89. The summed E-state index contributed by atoms with van der Waals surface area (Å²) in [6.07, 6.45) is -7.20. The Hall–Kier alpha value is -3.16. The van der Waals surface area contributed by atoms with Gasteiger partial charge in [-0.05, 0) is 35.9 Å². The summed E-state index contributed by atoms with van der Waals surface area (Å²) < 4.78 is 76.7. The predicted molar refractivity (Wildman–Crippen MR) is 90.5 cm³/mol. The topological polar surface area (TPSA) is 30.0 Å². The lowest BCUT2D eigenvalue weighted by Crippen LogP contribution is -2.05. The molecule has 3 aromatic rings. The third kappa shape index (κ3) is 3.90. The summed E-state index contributed by atoms with van der Waals surface area (Å²) in [6.45, 7) is 0. The third-order valence-corrected chi connectivity index (χ3v) is 4.10. The maximum absolute atomic E-state index is 12.8. The molecule has 0 unspecified atom stereocenters. The summed E-state index contributed by atoms with van der Waals surface area (Å²) in [4.78, 5) is 15.6. The van der Waals surface area contributed by atoms with Gasteiger partial charge in [-0.1, -0.05) is 24.3 Å². The van der Waals surface area contributed by atoms with Crippen molar-refractivity contribution in [2.24, 2.45) is 0 Å². The molecule has 3 rings (SSSR count). The highest BCUT2D eigenvalue weighted by Gasteiger charge is 2.31. The molecule has 1 aromatic heterocycles. The Labute approximate surface area is 155 Å². The van der Waals surface area contributed by atoms with Crippen LogP contribution in [-0.4, -0.2) is 11.3 Å². The molecule has 2 nitrogen and oxygen atoms in total. The summed E-state index contributed by atoms with van der Waals surface area (Å²) in [5.41, 5.74) is -0.527. The summed E-state index contributed by atoms with van der Waals surface area (Å²) in [6, 6.07) is 9.66. The van der Waals surface area contributed by atoms with Gasteiger partial charge >= 0.3 is 12.4 Å². The van der Waals surface area contributed by atoms with Crippen LogP contribution in [0.4, 0.5) is 26.3 Å². The Bertz CT molecular complexity index is 989. The molecule has 2 aromatic carbocycles. The van der Waals surface area contributed by atoms with Gasteiger partial charge in [-0.2, -0.15) is 26.3 Å². The molecule has 0 aliphatic heterocycles. The quantitative estimate of drug-likeness (QED) is 0.387. The van der Waals surface area contributed by atoms with Gasteiger partial charge < -0.3 is 0 Å². The van der Waals surface area contributed by atoms with E-state index < -0.39 is 23.5 Å². The lowest BCUT2D eigenvalue weighted by Gasteiger charge is -2.14. The van der Waals surface area contributed by atoms with Gasteiger partial charge in [-0.3, -0.25) is 9.78 Å². The molecule has 0 atom stereocenters. The number of pyridine rings is 1. The maximum Gasteiger partial charge on any atom is 0.416 e. The highest BCUT2D eigenvalue weighted by Crippen LogP contribution is 2.37. The molecule has 0 N–H and O–H groups in total. The van der Waals surface area contributed by atoms with Gasteiger partial charge in [0.25, 0.3) is 0 Å². The van der Waals surface area contributed by atoms with Crippen molar-refractivity contribution in [2.45, 2.75) is 12.4 Å². The van der Waals surface area contributed by atoms with Crippen molar-refractivity contribution in [3.8, 4) is 22.4 Å². The van der Waals surface area contributed by atoms with Crippen LogP contribution in [0.3, 0.4) is 0 Å². The van der Waals surface area contributed by atoms with Gasteiger partial charge in [-0.25, -0.2) is 0 Å². The Morgan fingerprint density at radius 1 is 0.679 bits per heavy atom. The molecular weight excluding hydrogens is 384 g/mol. The summed E-state index contributed by atoms with van der Waals surface area (Å²) >= 11 is 0. The van der Waals surface area contributed by atoms with E-state index in [1.807, 2.05) is 0 Å². The van der Waals surface area contributed by atoms with Gasteiger partial charge in [-0.15, -0.1) is 0 Å². The first-order valence-electron chi connectivity index (χ1n) is 7.90. The number of carbonyl (C=O) groups excluding carboxylic acids is 1. The fraction of sp³-hybridized carbons (Fsp3) is 0.100. The van der Waals surface area contributed by atoms with Crippen LogP contribution in [0.15, 0.2) is 60.8 Å². The Morgan fingerprint density at radius 2 is 1.14 bits per heavy atom. The lowest BCUT2D eigenvalue weighted by molar-refractivity contribution is -0.138. The first-order chi connectivity index (χ1) is 13.1. The average molecular weight is 395 g/mol. The van der Waals surface area contributed by atoms with Crippen LogP contribution >= 0.6 is 0 Å². The van der Waals surface area contributed by atoms with Gasteiger partial charge in [0, 0.05) is 22.9 Å². The van der Waals surface area contributed by atoms with Crippen molar-refractivity contribution in [1.82, 2.24) is 4.98 Å². The van der Waals surface area contributed by atoms with E-state index in [9.17, 15) is 31.1 Å². The fourth-order valence-corrected chi connectivity index (χ4v) is 2.74. The number of nitrogens with zero attached hydrogens (tertiary/aromatic N) is 1. The Kier molecular flexibility index (Phi) is 4.97. The SMILES string of the molecule is O=Cc1ccnc(-c2ccc(C(F)(F)F)cc2)c1-c1ccc(C(F)(F)F)cc1. The van der Waals surface area contributed by atoms with E-state index in [4.69, 9.17) is 0 Å². The minimum absolute atomic E-state index is 0.157. The van der Waals surface area contributed by atoms with E-state index in [1.54, 1.807) is 0 Å². The molecule has 0 saturated heterocycles. The number of halogens is 6. The number of alkyl halides is 6. The summed E-state index contributed by atoms with van der Waals surface area (Å²) in [5.74, 6) is 0. The van der Waals surface area contributed by atoms with Crippen molar-refractivity contribution in [3.63, 3.8) is 0 Å². The van der Waals surface area contributed by atoms with Crippen molar-refractivity contribution >= 4 is 6.29 Å². The summed E-state index contributed by atoms with van der Waals surface area (Å²) in [7, 11) is 0. The van der Waals surface area contributed by atoms with Crippen molar-refractivity contribution in [1.29, 1.82) is 0 Å². The van der Waals surface area contributed by atoms with Crippen molar-refractivity contribution in [3.05, 3.63) is 77.5 Å². The van der Waals surface area contributed by atoms with Crippen molar-refractivity contribution < 1.29 is 31.1 Å². The van der Waals surface area contributed by atoms with Crippen LogP contribution in [-0.2, 0) is 12.4 Å². The number of hydrogen-bond donors (Lipinski definition) is 0. The smallest absolute Gasteiger partial charge is 0.298 e. The second-order valence-corrected chi connectivity index (χ2v) is 5.89.